The number of nitrogens with one attached hydrogen (secondary N) is 1. The fourth-order valence-electron chi connectivity index (χ4n) is 7.70. The molecule has 8 aromatic carbocycles. The number of phenolic OH excluding ortho intramolecular Hbond substituents is 1. The summed E-state index contributed by atoms with van der Waals surface area (Å²) in [6.45, 7) is 8.20. The number of fused-ring (bicyclic) bond motifs is 2. The summed E-state index contributed by atoms with van der Waals surface area (Å²) in [5.41, 5.74) is 0.716. The van der Waals surface area contributed by atoms with E-state index in [0.29, 0.717) is 81.6 Å². The van der Waals surface area contributed by atoms with Crippen LogP contribution >= 0.6 is 23.2 Å². The van der Waals surface area contributed by atoms with Gasteiger partial charge in [0, 0.05) is 28.6 Å². The van der Waals surface area contributed by atoms with E-state index in [-0.39, 0.29) is 81.7 Å². The van der Waals surface area contributed by atoms with Gasteiger partial charge in [-0.15, -0.1) is 15.3 Å². The third-order valence-corrected chi connectivity index (χ3v) is 14.0. The minimum atomic E-state index is -4.70. The number of nitrogens with zero attached hydrogens (tertiary/aromatic N) is 5. The average molecular weight is 1150 g/mol. The molecular weight excluding hydrogens is 1100 g/mol. The molecule has 0 aliphatic rings. The molecule has 0 heterocycles. The zero-order valence-electron chi connectivity index (χ0n) is 41.6. The number of aromatic hydroxyl groups is 1. The fraction of sp³-hybridized carbons (Fsp3) is 0.148. The Morgan fingerprint density at radius 1 is 0.597 bits per heavy atom. The van der Waals surface area contributed by atoms with Crippen LogP contribution in [0.2, 0.25) is 10.0 Å². The molecule has 18 nitrogen and oxygen atoms in total. The molecule has 4 N–H and O–H groups in total. The molecule has 8 rings (SSSR count). The van der Waals surface area contributed by atoms with Gasteiger partial charge in [0.15, 0.2) is 5.75 Å². The summed E-state index contributed by atoms with van der Waals surface area (Å²) >= 11 is 12.8. The van der Waals surface area contributed by atoms with Gasteiger partial charge in [0.25, 0.3) is 26.1 Å². The Hall–Kier alpha value is -6.72. The first-order chi connectivity index (χ1) is 36.3. The molecule has 0 radical (unpaired) electrons. The second kappa shape index (κ2) is 26.1. The maximum absolute atomic E-state index is 13.4. The van der Waals surface area contributed by atoms with Crippen molar-refractivity contribution in [3.63, 3.8) is 0 Å². The van der Waals surface area contributed by atoms with Crippen molar-refractivity contribution >= 4 is 149 Å². The van der Waals surface area contributed by atoms with Gasteiger partial charge < -0.3 is 30.1 Å². The smallest absolute Gasteiger partial charge is 0.871 e. The molecule has 0 aromatic heterocycles. The van der Waals surface area contributed by atoms with Crippen LogP contribution in [0.3, 0.4) is 0 Å². The number of hydrogen-bond donors (Lipinski definition) is 4. The largest absolute Gasteiger partial charge is 2.00 e. The van der Waals surface area contributed by atoms with Gasteiger partial charge in [-0.2, -0.15) is 21.9 Å². The number of phenols is 1. The quantitative estimate of drug-likeness (QED) is 0.0231. The predicted octanol–water partition coefficient (Wildman–Crippen LogP) is 12.3. The Labute approximate surface area is 483 Å². The Balaban J connectivity index is 0.000000246. The number of rotatable bonds is 16. The molecule has 0 spiro atoms. The van der Waals surface area contributed by atoms with Crippen molar-refractivity contribution in [2.75, 3.05) is 18.5 Å². The molecule has 0 bridgehead atoms. The molecule has 0 saturated heterocycles. The van der Waals surface area contributed by atoms with Gasteiger partial charge in [-0.25, -0.2) is 0 Å². The van der Waals surface area contributed by atoms with E-state index in [9.17, 15) is 46.1 Å². The number of aryl methyl sites for hydroxylation is 2. The van der Waals surface area contributed by atoms with Gasteiger partial charge in [0.1, 0.15) is 38.4 Å². The first-order valence-electron chi connectivity index (χ1n) is 23.2. The number of halogens is 2. The molecular formula is C54H46CaCl2N6O12S2. The Kier molecular flexibility index (Phi) is 20.2. The number of azo groups is 2. The topological polar surface area (TPSA) is 284 Å². The summed E-state index contributed by atoms with van der Waals surface area (Å²) in [5, 5.41) is 58.4. The van der Waals surface area contributed by atoms with Crippen molar-refractivity contribution < 1.29 is 55.5 Å². The zero-order chi connectivity index (χ0) is 54.9. The number of carbonyl (C=O) groups excluding carboxylic acids is 1. The van der Waals surface area contributed by atoms with Crippen molar-refractivity contribution in [3.05, 3.63) is 166 Å². The van der Waals surface area contributed by atoms with Gasteiger partial charge in [0.2, 0.25) is 0 Å². The van der Waals surface area contributed by atoms with E-state index in [0.717, 1.165) is 0 Å². The number of amides is 1. The van der Waals surface area contributed by atoms with E-state index >= 15 is 0 Å². The Morgan fingerprint density at radius 2 is 1.06 bits per heavy atom. The Bertz CT molecular complexity index is 3860. The van der Waals surface area contributed by atoms with E-state index in [1.165, 1.54) is 36.4 Å². The number of carbonyl (C=O) groups is 1. The van der Waals surface area contributed by atoms with Gasteiger partial charge in [-0.3, -0.25) is 18.9 Å². The van der Waals surface area contributed by atoms with Crippen molar-refractivity contribution in [3.8, 4) is 23.0 Å². The van der Waals surface area contributed by atoms with E-state index in [1.54, 1.807) is 104 Å². The van der Waals surface area contributed by atoms with Crippen LogP contribution in [0.5, 0.6) is 23.0 Å². The molecule has 0 aliphatic heterocycles. The summed E-state index contributed by atoms with van der Waals surface area (Å²) in [4.78, 5) is 16.1. The minimum Gasteiger partial charge on any atom is -0.871 e. The zero-order valence-corrected chi connectivity index (χ0v) is 46.9. The molecule has 1 amide bonds. The summed E-state index contributed by atoms with van der Waals surface area (Å²) < 4.78 is 78.1. The van der Waals surface area contributed by atoms with Crippen LogP contribution in [0.1, 0.15) is 54.7 Å². The summed E-state index contributed by atoms with van der Waals surface area (Å²) in [7, 11) is -9.37. The molecule has 0 saturated carbocycles. The first kappa shape index (κ1) is 59.5. The molecule has 77 heavy (non-hydrogen) atoms. The monoisotopic (exact) mass is 1140 g/mol. The fourth-order valence-corrected chi connectivity index (χ4v) is 9.74. The standard InChI is InChI=1S/2C27H24ClN3O6S.Ca/c2*1-3-16-12-13-22(38(34,35)36)25(23(16)28)31-30-24-20-11-6-5-8-17(20)14-21(26(24)32)27(33)29-18-9-7-10-19(15-18)37-4-2;/h2*5-15,32H,3-4H2,1-2H3,(H,29,33)(H,34,35,36);/q;;+2/p-2. The van der Waals surface area contributed by atoms with Gasteiger partial charge in [-0.05, 0) is 109 Å². The van der Waals surface area contributed by atoms with Crippen LogP contribution in [-0.2, 0) is 33.1 Å². The third kappa shape index (κ3) is 14.1. The average Bonchev–Trinajstić information content (AvgIpc) is 3.39. The van der Waals surface area contributed by atoms with Gasteiger partial charge in [0.05, 0.1) is 40.2 Å². The number of hydrogen-bond acceptors (Lipinski definition) is 15. The minimum absolute atomic E-state index is 0. The summed E-state index contributed by atoms with van der Waals surface area (Å²) in [6, 6.07) is 35.2. The molecule has 0 aliphatic carbocycles. The Morgan fingerprint density at radius 3 is 1.58 bits per heavy atom. The van der Waals surface area contributed by atoms with Crippen molar-refractivity contribution in [2.45, 2.75) is 50.3 Å². The first-order valence-corrected chi connectivity index (χ1v) is 26.8. The van der Waals surface area contributed by atoms with E-state index in [2.05, 4.69) is 30.8 Å². The summed E-state index contributed by atoms with van der Waals surface area (Å²) in [5.74, 6) is -1.53. The molecule has 392 valence electrons. The maximum Gasteiger partial charge on any atom is 2.00 e. The molecule has 23 heteroatoms. The number of aliphatic imine (C=N–C) groups is 1. The second-order valence-corrected chi connectivity index (χ2v) is 19.8. The van der Waals surface area contributed by atoms with Crippen LogP contribution in [0.25, 0.3) is 21.5 Å². The van der Waals surface area contributed by atoms with Gasteiger partial charge >= 0.3 is 37.7 Å². The second-order valence-electron chi connectivity index (χ2n) is 16.3. The van der Waals surface area contributed by atoms with Crippen molar-refractivity contribution in [1.82, 2.24) is 0 Å². The normalized spacial score (nSPS) is 11.9. The maximum atomic E-state index is 13.4. The predicted molar refractivity (Wildman–Crippen MR) is 294 cm³/mol. The van der Waals surface area contributed by atoms with E-state index in [4.69, 9.17) is 32.7 Å². The molecule has 8 aromatic rings. The summed E-state index contributed by atoms with van der Waals surface area (Å²) in [6.07, 6.45) is 0.931. The molecule has 0 unspecified atom stereocenters. The number of benzene rings is 8. The van der Waals surface area contributed by atoms with E-state index in [1.807, 2.05) is 20.8 Å². The van der Waals surface area contributed by atoms with Crippen LogP contribution in [0.4, 0.5) is 34.1 Å². The SMILES string of the molecule is CCOc1cccc(N=C([O-])c2cc3ccccc3c(N=Nc3c(S(=O)(=O)O)ccc(CC)c3Cl)c2[O-])c1.CCOc1cccc(NC(=O)c2cc3ccccc3c(N=Nc3c(S(=O)(=O)O)ccc(CC)c3Cl)c2O)c1.[Ca+2]. The van der Waals surface area contributed by atoms with Crippen molar-refractivity contribution in [1.29, 1.82) is 0 Å². The molecule has 0 fully saturated rings. The van der Waals surface area contributed by atoms with Crippen molar-refractivity contribution in [2.24, 2.45) is 25.4 Å². The van der Waals surface area contributed by atoms with Crippen LogP contribution < -0.4 is 25.0 Å². The van der Waals surface area contributed by atoms with Gasteiger partial charge in [-0.1, -0.05) is 116 Å². The third-order valence-electron chi connectivity index (χ3n) is 11.3. The van der Waals surface area contributed by atoms with Crippen LogP contribution in [-0.4, -0.2) is 93.8 Å². The van der Waals surface area contributed by atoms with Crippen LogP contribution in [0.15, 0.2) is 169 Å². The van der Waals surface area contributed by atoms with Crippen LogP contribution in [0, 0.1) is 0 Å². The number of anilines is 1. The van der Waals surface area contributed by atoms with E-state index < -0.39 is 53.3 Å². The molecule has 0 atom stereocenters. The number of ether oxygens (including phenoxy) is 2.